The van der Waals surface area contributed by atoms with Crippen molar-refractivity contribution < 1.29 is 14.3 Å². The number of carbonyl (C=O) groups excluding carboxylic acids is 1. The van der Waals surface area contributed by atoms with Crippen LogP contribution in [0.25, 0.3) is 0 Å². The van der Waals surface area contributed by atoms with Gasteiger partial charge in [-0.05, 0) is 5.92 Å². The van der Waals surface area contributed by atoms with E-state index in [0.29, 0.717) is 6.61 Å². The molecule has 1 amide bonds. The predicted octanol–water partition coefficient (Wildman–Crippen LogP) is 0.494. The van der Waals surface area contributed by atoms with Gasteiger partial charge in [-0.2, -0.15) is 0 Å². The van der Waals surface area contributed by atoms with Crippen LogP contribution in [0.15, 0.2) is 0 Å². The Hall–Kier alpha value is -1.67. The Bertz CT molecular complexity index is 489. The summed E-state index contributed by atoms with van der Waals surface area (Å²) in [6, 6.07) is -0.227. The van der Waals surface area contributed by atoms with E-state index in [9.17, 15) is 4.79 Å². The highest BCUT2D eigenvalue weighted by Gasteiger charge is 2.26. The topological polar surface area (TPSA) is 90.3 Å². The monoisotopic (exact) mass is 311 g/mol. The Morgan fingerprint density at radius 3 is 2.91 bits per heavy atom. The molecule has 1 atom stereocenters. The summed E-state index contributed by atoms with van der Waals surface area (Å²) in [5, 5.41) is 14.8. The zero-order valence-corrected chi connectivity index (χ0v) is 13.5. The minimum absolute atomic E-state index is 0.180. The van der Waals surface area contributed by atoms with Gasteiger partial charge in [-0.15, -0.1) is 10.2 Å². The summed E-state index contributed by atoms with van der Waals surface area (Å²) in [4.78, 5) is 11.9. The Morgan fingerprint density at radius 1 is 1.36 bits per heavy atom. The largest absolute Gasteiger partial charge is 0.447 e. The van der Waals surface area contributed by atoms with Crippen LogP contribution in [-0.4, -0.2) is 54.3 Å². The summed E-state index contributed by atoms with van der Waals surface area (Å²) in [6.45, 7) is 7.27. The number of alkyl carbamates (subject to hydrolysis) is 1. The fourth-order valence-electron chi connectivity index (χ4n) is 2.44. The molecule has 0 saturated carbocycles. The predicted molar refractivity (Wildman–Crippen MR) is 80.5 cm³/mol. The maximum Gasteiger partial charge on any atom is 0.407 e. The van der Waals surface area contributed by atoms with Crippen molar-refractivity contribution in [1.29, 1.82) is 0 Å². The van der Waals surface area contributed by atoms with Crippen LogP contribution in [0.5, 0.6) is 0 Å². The van der Waals surface area contributed by atoms with Gasteiger partial charge >= 0.3 is 6.09 Å². The first-order valence-electron chi connectivity index (χ1n) is 7.68. The molecule has 0 aliphatic carbocycles. The number of rotatable bonds is 6. The number of amides is 1. The van der Waals surface area contributed by atoms with Gasteiger partial charge in [0.25, 0.3) is 0 Å². The second-order valence-corrected chi connectivity index (χ2v) is 5.62. The van der Waals surface area contributed by atoms with Crippen molar-refractivity contribution in [2.45, 2.75) is 32.9 Å². The van der Waals surface area contributed by atoms with Gasteiger partial charge in [0.1, 0.15) is 12.4 Å². The Balaban J connectivity index is 2.08. The summed E-state index contributed by atoms with van der Waals surface area (Å²) in [5.74, 6) is 1.93. The molecule has 1 aromatic heterocycles. The smallest absolute Gasteiger partial charge is 0.407 e. The molecule has 2 N–H and O–H groups in total. The van der Waals surface area contributed by atoms with Gasteiger partial charge in [0.2, 0.25) is 0 Å². The third kappa shape index (κ3) is 4.17. The first kappa shape index (κ1) is 16.7. The van der Waals surface area contributed by atoms with Gasteiger partial charge in [-0.1, -0.05) is 13.8 Å². The number of hydrogen-bond acceptors (Lipinski definition) is 6. The molecule has 0 fully saturated rings. The summed E-state index contributed by atoms with van der Waals surface area (Å²) in [6.07, 6.45) is 0.385. The average Bonchev–Trinajstić information content (AvgIpc) is 2.73. The maximum absolute atomic E-state index is 11.9. The van der Waals surface area contributed by atoms with Crippen LogP contribution in [0.3, 0.4) is 0 Å². The lowest BCUT2D eigenvalue weighted by Gasteiger charge is -2.22. The van der Waals surface area contributed by atoms with E-state index in [1.807, 2.05) is 13.8 Å². The zero-order valence-electron chi connectivity index (χ0n) is 13.5. The van der Waals surface area contributed by atoms with E-state index < -0.39 is 6.09 Å². The van der Waals surface area contributed by atoms with Crippen LogP contribution >= 0.6 is 0 Å². The number of nitrogens with one attached hydrogen (secondary N) is 2. The molecule has 0 unspecified atom stereocenters. The standard InChI is InChI=1S/C14H25N5O3/c1-10(2)12(16-14(20)22-9-8-21-3)13-18-17-11-4-5-15-6-7-19(11)13/h10,12,15H,4-9H2,1-3H3,(H,16,20)/t12-/m0/s1. The molecule has 0 spiro atoms. The van der Waals surface area contributed by atoms with Gasteiger partial charge in [0.05, 0.1) is 12.6 Å². The first-order valence-corrected chi connectivity index (χ1v) is 7.68. The average molecular weight is 311 g/mol. The van der Waals surface area contributed by atoms with E-state index in [1.54, 1.807) is 7.11 Å². The molecule has 1 aromatic rings. The normalized spacial score (nSPS) is 16.0. The third-order valence-electron chi connectivity index (χ3n) is 3.63. The number of ether oxygens (including phenoxy) is 2. The molecule has 0 radical (unpaired) electrons. The molecule has 1 aliphatic rings. The highest BCUT2D eigenvalue weighted by atomic mass is 16.6. The van der Waals surface area contributed by atoms with Gasteiger partial charge in [-0.25, -0.2) is 4.79 Å². The minimum Gasteiger partial charge on any atom is -0.447 e. The van der Waals surface area contributed by atoms with E-state index in [4.69, 9.17) is 9.47 Å². The van der Waals surface area contributed by atoms with Crippen molar-refractivity contribution >= 4 is 6.09 Å². The summed E-state index contributed by atoms with van der Waals surface area (Å²) in [7, 11) is 1.57. The second kappa shape index (κ2) is 8.09. The van der Waals surface area contributed by atoms with E-state index in [0.717, 1.165) is 37.7 Å². The number of methoxy groups -OCH3 is 1. The quantitative estimate of drug-likeness (QED) is 0.743. The highest BCUT2D eigenvalue weighted by Crippen LogP contribution is 2.21. The molecule has 8 nitrogen and oxygen atoms in total. The lowest BCUT2D eigenvalue weighted by Crippen LogP contribution is -2.35. The van der Waals surface area contributed by atoms with Crippen LogP contribution < -0.4 is 10.6 Å². The molecule has 0 aromatic carbocycles. The Kier molecular flexibility index (Phi) is 6.14. The maximum atomic E-state index is 11.9. The van der Waals surface area contributed by atoms with Gasteiger partial charge in [0.15, 0.2) is 5.82 Å². The van der Waals surface area contributed by atoms with Crippen LogP contribution in [0, 0.1) is 5.92 Å². The molecule has 0 bridgehead atoms. The van der Waals surface area contributed by atoms with Crippen molar-refractivity contribution in [1.82, 2.24) is 25.4 Å². The molecule has 124 valence electrons. The Labute approximate surface area is 130 Å². The summed E-state index contributed by atoms with van der Waals surface area (Å²) >= 11 is 0. The van der Waals surface area contributed by atoms with Gasteiger partial charge in [-0.3, -0.25) is 0 Å². The molecule has 0 saturated heterocycles. The fraction of sp³-hybridized carbons (Fsp3) is 0.786. The fourth-order valence-corrected chi connectivity index (χ4v) is 2.44. The molecule has 22 heavy (non-hydrogen) atoms. The molecule has 1 aliphatic heterocycles. The van der Waals surface area contributed by atoms with Crippen LogP contribution in [0.1, 0.15) is 31.5 Å². The van der Waals surface area contributed by atoms with Crippen molar-refractivity contribution in [3.8, 4) is 0 Å². The number of hydrogen-bond donors (Lipinski definition) is 2. The molecule has 2 heterocycles. The number of nitrogens with zero attached hydrogens (tertiary/aromatic N) is 3. The number of fused-ring (bicyclic) bond motifs is 1. The third-order valence-corrected chi connectivity index (χ3v) is 3.63. The zero-order chi connectivity index (χ0) is 15.9. The van der Waals surface area contributed by atoms with Crippen LogP contribution in [-0.2, 0) is 22.4 Å². The number of aromatic nitrogens is 3. The van der Waals surface area contributed by atoms with E-state index in [-0.39, 0.29) is 18.6 Å². The van der Waals surface area contributed by atoms with Crippen LogP contribution in [0.2, 0.25) is 0 Å². The van der Waals surface area contributed by atoms with Gasteiger partial charge in [0, 0.05) is 33.2 Å². The SMILES string of the molecule is COCCOC(=O)N[C@H](c1nnc2n1CCNCC2)C(C)C. The van der Waals surface area contributed by atoms with Crippen molar-refractivity contribution in [2.75, 3.05) is 33.4 Å². The van der Waals surface area contributed by atoms with Crippen molar-refractivity contribution in [3.05, 3.63) is 11.6 Å². The lowest BCUT2D eigenvalue weighted by atomic mass is 10.0. The molecular weight excluding hydrogens is 286 g/mol. The summed E-state index contributed by atoms with van der Waals surface area (Å²) < 4.78 is 12.0. The van der Waals surface area contributed by atoms with Crippen LogP contribution in [0.4, 0.5) is 4.79 Å². The Morgan fingerprint density at radius 2 is 2.18 bits per heavy atom. The van der Waals surface area contributed by atoms with Crippen molar-refractivity contribution in [3.63, 3.8) is 0 Å². The minimum atomic E-state index is -0.458. The molecule has 8 heteroatoms. The van der Waals surface area contributed by atoms with Crippen molar-refractivity contribution in [2.24, 2.45) is 5.92 Å². The van der Waals surface area contributed by atoms with E-state index in [1.165, 1.54) is 0 Å². The van der Waals surface area contributed by atoms with E-state index >= 15 is 0 Å². The first-order chi connectivity index (χ1) is 10.6. The summed E-state index contributed by atoms with van der Waals surface area (Å²) in [5.41, 5.74) is 0. The van der Waals surface area contributed by atoms with Gasteiger partial charge < -0.3 is 24.7 Å². The lowest BCUT2D eigenvalue weighted by molar-refractivity contribution is 0.0945. The highest BCUT2D eigenvalue weighted by molar-refractivity contribution is 5.67. The number of carbonyl (C=O) groups is 1. The second-order valence-electron chi connectivity index (χ2n) is 5.62. The molecule has 2 rings (SSSR count). The molecular formula is C14H25N5O3. The van der Waals surface area contributed by atoms with E-state index in [2.05, 4.69) is 25.4 Å².